The van der Waals surface area contributed by atoms with Crippen molar-refractivity contribution in [2.24, 2.45) is 0 Å². The molecule has 0 aliphatic carbocycles. The fourth-order valence-electron chi connectivity index (χ4n) is 3.39. The van der Waals surface area contributed by atoms with E-state index in [0.717, 1.165) is 0 Å². The number of aryl methyl sites for hydroxylation is 1. The third-order valence-corrected chi connectivity index (χ3v) is 4.69. The molecule has 0 amide bonds. The number of anilines is 1. The molecule has 0 bridgehead atoms. The Hall–Kier alpha value is -4.15. The molecular weight excluding hydrogens is 380 g/mol. The molecule has 1 aliphatic rings. The molecule has 29 heavy (non-hydrogen) atoms. The summed E-state index contributed by atoms with van der Waals surface area (Å²) in [6.45, 7) is 2.43. The number of pyridine rings is 1. The second-order valence-electron chi connectivity index (χ2n) is 6.27. The molecule has 0 saturated carbocycles. The predicted molar refractivity (Wildman–Crippen MR) is 99.4 cm³/mol. The van der Waals surface area contributed by atoms with Crippen molar-refractivity contribution in [2.45, 2.75) is 13.5 Å². The number of benzene rings is 1. The van der Waals surface area contributed by atoms with Crippen LogP contribution in [-0.2, 0) is 6.54 Å². The molecule has 0 fully saturated rings. The van der Waals surface area contributed by atoms with Crippen LogP contribution >= 0.6 is 0 Å². The lowest BCUT2D eigenvalue weighted by molar-refractivity contribution is 0.0698. The first-order valence-corrected chi connectivity index (χ1v) is 8.69. The number of imidazole rings is 1. The Morgan fingerprint density at radius 1 is 1.24 bits per heavy atom. The summed E-state index contributed by atoms with van der Waals surface area (Å²) >= 11 is 0. The van der Waals surface area contributed by atoms with Crippen LogP contribution in [0.5, 0.6) is 11.5 Å². The molecule has 4 heterocycles. The average Bonchev–Trinajstić information content (AvgIpc) is 3.43. The molecule has 11 heteroatoms. The minimum absolute atomic E-state index is 0.0140. The molecular formula is C18H14N6O5. The highest BCUT2D eigenvalue weighted by atomic mass is 16.7. The van der Waals surface area contributed by atoms with Crippen LogP contribution in [0.3, 0.4) is 0 Å². The molecule has 0 saturated heterocycles. The van der Waals surface area contributed by atoms with Crippen LogP contribution in [0.25, 0.3) is 33.8 Å². The number of hydrogen-bond donors (Lipinski definition) is 2. The van der Waals surface area contributed by atoms with Crippen molar-refractivity contribution >= 4 is 22.8 Å². The lowest BCUT2D eigenvalue weighted by Gasteiger charge is -2.08. The Labute approximate surface area is 162 Å². The van der Waals surface area contributed by atoms with Gasteiger partial charge in [0, 0.05) is 18.3 Å². The summed E-state index contributed by atoms with van der Waals surface area (Å²) in [4.78, 5) is 20.9. The Morgan fingerprint density at radius 3 is 2.79 bits per heavy atom. The van der Waals surface area contributed by atoms with Crippen LogP contribution < -0.4 is 15.2 Å². The van der Waals surface area contributed by atoms with Crippen LogP contribution in [0, 0.1) is 0 Å². The van der Waals surface area contributed by atoms with Gasteiger partial charge in [0.1, 0.15) is 11.1 Å². The Bertz CT molecular complexity index is 1280. The van der Waals surface area contributed by atoms with Gasteiger partial charge in [-0.25, -0.2) is 14.4 Å². The number of aromatic nitrogens is 5. The summed E-state index contributed by atoms with van der Waals surface area (Å²) in [6.07, 6.45) is 1.31. The number of ether oxygens (including phenoxy) is 2. The fourth-order valence-corrected chi connectivity index (χ4v) is 3.39. The van der Waals surface area contributed by atoms with Gasteiger partial charge < -0.3 is 24.9 Å². The van der Waals surface area contributed by atoms with Crippen molar-refractivity contribution in [3.63, 3.8) is 0 Å². The Kier molecular flexibility index (Phi) is 3.63. The van der Waals surface area contributed by atoms with E-state index in [-0.39, 0.29) is 23.9 Å². The van der Waals surface area contributed by atoms with Crippen LogP contribution in [0.15, 0.2) is 29.0 Å². The lowest BCUT2D eigenvalue weighted by atomic mass is 10.1. The third-order valence-electron chi connectivity index (χ3n) is 4.69. The van der Waals surface area contributed by atoms with Gasteiger partial charge in [0.2, 0.25) is 6.79 Å². The minimum Gasteiger partial charge on any atom is -0.478 e. The number of nitrogens with zero attached hydrogens (tertiary/aromatic N) is 5. The van der Waals surface area contributed by atoms with Crippen molar-refractivity contribution in [3.05, 3.63) is 30.0 Å². The molecule has 5 rings (SSSR count). The molecule has 1 aliphatic heterocycles. The second-order valence-corrected chi connectivity index (χ2v) is 6.27. The summed E-state index contributed by atoms with van der Waals surface area (Å²) in [6, 6.07) is 5.36. The van der Waals surface area contributed by atoms with Crippen LogP contribution in [-0.4, -0.2) is 42.7 Å². The number of aromatic carboxylic acids is 1. The number of nitrogens with two attached hydrogens (primary N) is 1. The number of carboxylic acids is 1. The van der Waals surface area contributed by atoms with Crippen molar-refractivity contribution in [1.82, 2.24) is 24.8 Å². The molecule has 11 nitrogen and oxygen atoms in total. The number of fused-ring (bicyclic) bond motifs is 2. The first-order valence-electron chi connectivity index (χ1n) is 8.69. The monoisotopic (exact) mass is 394 g/mol. The summed E-state index contributed by atoms with van der Waals surface area (Å²) in [7, 11) is 0. The van der Waals surface area contributed by atoms with E-state index < -0.39 is 5.97 Å². The molecule has 0 unspecified atom stereocenters. The van der Waals surface area contributed by atoms with E-state index in [1.807, 2.05) is 13.0 Å². The lowest BCUT2D eigenvalue weighted by Crippen LogP contribution is -2.05. The maximum atomic E-state index is 11.9. The van der Waals surface area contributed by atoms with E-state index in [2.05, 4.69) is 20.3 Å². The van der Waals surface area contributed by atoms with E-state index in [9.17, 15) is 9.90 Å². The van der Waals surface area contributed by atoms with E-state index in [1.165, 1.54) is 6.20 Å². The zero-order chi connectivity index (χ0) is 20.1. The SMILES string of the molecule is CCn1c(-c2nonc2N)nc2c(-c3ccc4c(c3)OCO4)ncc(C(=O)O)c21. The molecule has 3 N–H and O–H groups in total. The zero-order valence-corrected chi connectivity index (χ0v) is 15.1. The van der Waals surface area contributed by atoms with Gasteiger partial charge in [0.25, 0.3) is 0 Å². The van der Waals surface area contributed by atoms with Crippen molar-refractivity contribution < 1.29 is 24.0 Å². The number of rotatable bonds is 4. The topological polar surface area (TPSA) is 151 Å². The second kappa shape index (κ2) is 6.19. The fraction of sp³-hybridized carbons (Fsp3) is 0.167. The van der Waals surface area contributed by atoms with Gasteiger partial charge in [0.05, 0.1) is 11.2 Å². The zero-order valence-electron chi connectivity index (χ0n) is 15.1. The normalized spacial score (nSPS) is 12.6. The van der Waals surface area contributed by atoms with Crippen LogP contribution in [0.2, 0.25) is 0 Å². The van der Waals surface area contributed by atoms with Gasteiger partial charge in [-0.1, -0.05) is 0 Å². The molecule has 0 spiro atoms. The van der Waals surface area contributed by atoms with E-state index in [4.69, 9.17) is 19.8 Å². The van der Waals surface area contributed by atoms with E-state index in [0.29, 0.717) is 46.2 Å². The first kappa shape index (κ1) is 17.0. The quantitative estimate of drug-likeness (QED) is 0.527. The number of carbonyl (C=O) groups is 1. The predicted octanol–water partition coefficient (Wildman–Crippen LogP) is 2.18. The highest BCUT2D eigenvalue weighted by molar-refractivity contribution is 6.05. The minimum atomic E-state index is -1.12. The van der Waals surface area contributed by atoms with Crippen molar-refractivity contribution in [1.29, 1.82) is 0 Å². The molecule has 4 aromatic rings. The van der Waals surface area contributed by atoms with Gasteiger partial charge in [-0.3, -0.25) is 4.98 Å². The maximum absolute atomic E-state index is 11.9. The van der Waals surface area contributed by atoms with Crippen LogP contribution in [0.4, 0.5) is 5.82 Å². The number of nitrogen functional groups attached to an aromatic ring is 1. The summed E-state index contributed by atoms with van der Waals surface area (Å²) in [5.41, 5.74) is 8.08. The van der Waals surface area contributed by atoms with Crippen LogP contribution in [0.1, 0.15) is 17.3 Å². The third kappa shape index (κ3) is 2.47. The largest absolute Gasteiger partial charge is 0.478 e. The molecule has 3 aromatic heterocycles. The molecule has 1 aromatic carbocycles. The van der Waals surface area contributed by atoms with Gasteiger partial charge in [0.15, 0.2) is 28.8 Å². The smallest absolute Gasteiger partial charge is 0.339 e. The van der Waals surface area contributed by atoms with Gasteiger partial charge >= 0.3 is 5.97 Å². The van der Waals surface area contributed by atoms with Gasteiger partial charge in [-0.2, -0.15) is 0 Å². The molecule has 0 atom stereocenters. The number of carboxylic acid groups (broad SMARTS) is 1. The summed E-state index contributed by atoms with van der Waals surface area (Å²) < 4.78 is 17.2. The molecule has 0 radical (unpaired) electrons. The first-order chi connectivity index (χ1) is 14.1. The van der Waals surface area contributed by atoms with Crippen molar-refractivity contribution in [3.8, 4) is 34.3 Å². The Morgan fingerprint density at radius 2 is 2.07 bits per heavy atom. The highest BCUT2D eigenvalue weighted by Gasteiger charge is 2.26. The van der Waals surface area contributed by atoms with Gasteiger partial charge in [-0.15, -0.1) is 0 Å². The highest BCUT2D eigenvalue weighted by Crippen LogP contribution is 2.38. The van der Waals surface area contributed by atoms with E-state index >= 15 is 0 Å². The standard InChI is InChI=1S/C18H14N6O5/c1-2-24-15-9(18(25)26)6-20-12(8-3-4-10-11(5-8)28-7-27-10)13(15)21-17(24)14-16(19)23-29-22-14/h3-6H,2,7H2,1H3,(H2,19,23)(H,25,26). The summed E-state index contributed by atoms with van der Waals surface area (Å²) in [5, 5.41) is 17.1. The Balaban J connectivity index is 1.83. The van der Waals surface area contributed by atoms with E-state index in [1.54, 1.807) is 16.7 Å². The van der Waals surface area contributed by atoms with Gasteiger partial charge in [-0.05, 0) is 35.4 Å². The number of hydrogen-bond acceptors (Lipinski definition) is 9. The van der Waals surface area contributed by atoms with Crippen molar-refractivity contribution in [2.75, 3.05) is 12.5 Å². The average molecular weight is 394 g/mol. The maximum Gasteiger partial charge on any atom is 0.339 e. The molecule has 146 valence electrons. The summed E-state index contributed by atoms with van der Waals surface area (Å²) in [5.74, 6) is 0.503.